The van der Waals surface area contributed by atoms with Crippen LogP contribution in [0.3, 0.4) is 0 Å². The number of aromatic nitrogens is 2. The molecule has 1 aliphatic rings. The minimum absolute atomic E-state index is 0.159. The Kier molecular flexibility index (Phi) is 4.42. The summed E-state index contributed by atoms with van der Waals surface area (Å²) < 4.78 is 6.01. The van der Waals surface area contributed by atoms with Gasteiger partial charge in [0.05, 0.1) is 23.2 Å². The zero-order chi connectivity index (χ0) is 17.2. The van der Waals surface area contributed by atoms with E-state index in [4.69, 9.17) is 4.74 Å². The summed E-state index contributed by atoms with van der Waals surface area (Å²) in [5, 5.41) is 13.9. The Morgan fingerprint density at radius 3 is 2.64 bits per heavy atom. The summed E-state index contributed by atoms with van der Waals surface area (Å²) >= 11 is 3.30. The Morgan fingerprint density at radius 2 is 1.88 bits per heavy atom. The van der Waals surface area contributed by atoms with E-state index in [0.717, 1.165) is 37.4 Å². The molecule has 1 aromatic heterocycles. The van der Waals surface area contributed by atoms with Crippen LogP contribution >= 0.6 is 15.9 Å². The van der Waals surface area contributed by atoms with Crippen molar-refractivity contribution in [3.63, 3.8) is 0 Å². The number of halogens is 1. The molecule has 7 heteroatoms. The van der Waals surface area contributed by atoms with Crippen LogP contribution in [-0.4, -0.2) is 41.4 Å². The number of benzene rings is 2. The van der Waals surface area contributed by atoms with Crippen molar-refractivity contribution in [1.29, 1.82) is 0 Å². The largest absolute Gasteiger partial charge is 0.507 e. The maximum atomic E-state index is 9.81. The van der Waals surface area contributed by atoms with E-state index in [1.54, 1.807) is 18.3 Å². The van der Waals surface area contributed by atoms with Crippen molar-refractivity contribution in [1.82, 2.24) is 9.97 Å². The van der Waals surface area contributed by atoms with Gasteiger partial charge in [-0.05, 0) is 46.3 Å². The number of phenolic OH excluding ortho intramolecular Hbond substituents is 1. The van der Waals surface area contributed by atoms with Crippen LogP contribution in [0.15, 0.2) is 47.1 Å². The molecule has 0 saturated carbocycles. The molecule has 4 rings (SSSR count). The van der Waals surface area contributed by atoms with Crippen LogP contribution in [0.4, 0.5) is 17.3 Å². The number of ether oxygens (including phenoxy) is 1. The van der Waals surface area contributed by atoms with Gasteiger partial charge in [0.25, 0.3) is 0 Å². The number of phenols is 1. The molecule has 2 aromatic carbocycles. The van der Waals surface area contributed by atoms with Gasteiger partial charge in [0.1, 0.15) is 5.75 Å². The molecule has 0 aliphatic carbocycles. The van der Waals surface area contributed by atoms with Crippen LogP contribution in [0.2, 0.25) is 0 Å². The van der Waals surface area contributed by atoms with Crippen LogP contribution in [0, 0.1) is 0 Å². The van der Waals surface area contributed by atoms with Crippen molar-refractivity contribution in [2.24, 2.45) is 0 Å². The molecule has 2 heterocycles. The van der Waals surface area contributed by atoms with Crippen molar-refractivity contribution in [3.05, 3.63) is 47.1 Å². The zero-order valence-electron chi connectivity index (χ0n) is 13.4. The van der Waals surface area contributed by atoms with E-state index in [9.17, 15) is 5.11 Å². The molecule has 1 aliphatic heterocycles. The van der Waals surface area contributed by atoms with Gasteiger partial charge in [-0.1, -0.05) is 0 Å². The molecule has 0 spiro atoms. The first-order chi connectivity index (χ1) is 12.2. The fourth-order valence-electron chi connectivity index (χ4n) is 2.81. The molecule has 0 unspecified atom stereocenters. The van der Waals surface area contributed by atoms with Gasteiger partial charge in [-0.25, -0.2) is 9.97 Å². The molecule has 0 radical (unpaired) electrons. The highest BCUT2D eigenvalue weighted by Gasteiger charge is 2.11. The quantitative estimate of drug-likeness (QED) is 0.698. The average molecular weight is 401 g/mol. The highest BCUT2D eigenvalue weighted by Crippen LogP contribution is 2.29. The molecule has 1 fully saturated rings. The van der Waals surface area contributed by atoms with E-state index < -0.39 is 0 Å². The van der Waals surface area contributed by atoms with Gasteiger partial charge in [-0.3, -0.25) is 0 Å². The molecular formula is C18H17BrN4O2. The molecule has 0 amide bonds. The molecule has 6 nitrogen and oxygen atoms in total. The van der Waals surface area contributed by atoms with Gasteiger partial charge in [-0.2, -0.15) is 0 Å². The number of nitrogens with one attached hydrogen (secondary N) is 1. The van der Waals surface area contributed by atoms with Gasteiger partial charge in [0.15, 0.2) is 0 Å². The number of aromatic hydroxyl groups is 1. The molecular weight excluding hydrogens is 384 g/mol. The Hall–Kier alpha value is -2.38. The number of rotatable bonds is 3. The van der Waals surface area contributed by atoms with Crippen molar-refractivity contribution >= 4 is 44.2 Å². The van der Waals surface area contributed by atoms with Crippen LogP contribution in [-0.2, 0) is 4.74 Å². The number of nitrogens with zero attached hydrogens (tertiary/aromatic N) is 3. The second kappa shape index (κ2) is 6.85. The Labute approximate surface area is 153 Å². The zero-order valence-corrected chi connectivity index (χ0v) is 15.0. The molecule has 0 atom stereocenters. The minimum Gasteiger partial charge on any atom is -0.507 e. The summed E-state index contributed by atoms with van der Waals surface area (Å²) in [4.78, 5) is 11.1. The van der Waals surface area contributed by atoms with Crippen LogP contribution in [0.1, 0.15) is 0 Å². The molecule has 0 bridgehead atoms. The van der Waals surface area contributed by atoms with Crippen LogP contribution in [0.25, 0.3) is 10.9 Å². The second-order valence-corrected chi connectivity index (χ2v) is 6.68. The summed E-state index contributed by atoms with van der Waals surface area (Å²) in [5.74, 6) is 0.653. The SMILES string of the molecule is Oc1cc2nc(Nc3ccc(N4CCOCC4)cc3)ncc2cc1Br. The number of morpholine rings is 1. The minimum atomic E-state index is 0.159. The first-order valence-corrected chi connectivity index (χ1v) is 8.83. The van der Waals surface area contributed by atoms with Gasteiger partial charge in [0, 0.05) is 42.1 Å². The number of fused-ring (bicyclic) bond motifs is 1. The summed E-state index contributed by atoms with van der Waals surface area (Å²) in [6, 6.07) is 11.6. The Bertz CT molecular complexity index is 895. The lowest BCUT2D eigenvalue weighted by Gasteiger charge is -2.28. The van der Waals surface area contributed by atoms with E-state index in [1.165, 1.54) is 5.69 Å². The van der Waals surface area contributed by atoms with Crippen LogP contribution < -0.4 is 10.2 Å². The molecule has 3 aromatic rings. The smallest absolute Gasteiger partial charge is 0.227 e. The summed E-state index contributed by atoms with van der Waals surface area (Å²) in [7, 11) is 0. The topological polar surface area (TPSA) is 70.5 Å². The summed E-state index contributed by atoms with van der Waals surface area (Å²) in [6.07, 6.45) is 1.73. The van der Waals surface area contributed by atoms with Gasteiger partial charge < -0.3 is 20.1 Å². The van der Waals surface area contributed by atoms with Crippen molar-refractivity contribution in [2.45, 2.75) is 0 Å². The standard InChI is InChI=1S/C18H17BrN4O2/c19-15-9-12-11-20-18(22-16(12)10-17(15)24)21-13-1-3-14(4-2-13)23-5-7-25-8-6-23/h1-4,9-11,24H,5-8H2,(H,20,21,22). The van der Waals surface area contributed by atoms with E-state index in [-0.39, 0.29) is 5.75 Å². The first-order valence-electron chi connectivity index (χ1n) is 8.04. The van der Waals surface area contributed by atoms with Crippen LogP contribution in [0.5, 0.6) is 5.75 Å². The van der Waals surface area contributed by atoms with Gasteiger partial charge in [-0.15, -0.1) is 0 Å². The third kappa shape index (κ3) is 3.52. The Balaban J connectivity index is 1.53. The van der Waals surface area contributed by atoms with Crippen molar-refractivity contribution in [3.8, 4) is 5.75 Å². The predicted octanol–water partition coefficient (Wildman–Crippen LogP) is 3.68. The average Bonchev–Trinajstić information content (AvgIpc) is 2.64. The predicted molar refractivity (Wildman–Crippen MR) is 102 cm³/mol. The van der Waals surface area contributed by atoms with E-state index in [1.807, 2.05) is 12.1 Å². The fraction of sp³-hybridized carbons (Fsp3) is 0.222. The molecule has 25 heavy (non-hydrogen) atoms. The van der Waals surface area contributed by atoms with Crippen molar-refractivity contribution in [2.75, 3.05) is 36.5 Å². The van der Waals surface area contributed by atoms with E-state index >= 15 is 0 Å². The number of hydrogen-bond acceptors (Lipinski definition) is 6. The van der Waals surface area contributed by atoms with Crippen molar-refractivity contribution < 1.29 is 9.84 Å². The summed E-state index contributed by atoms with van der Waals surface area (Å²) in [5.41, 5.74) is 2.78. The normalized spacial score (nSPS) is 14.7. The van der Waals surface area contributed by atoms with Gasteiger partial charge >= 0.3 is 0 Å². The second-order valence-electron chi connectivity index (χ2n) is 5.83. The maximum absolute atomic E-state index is 9.81. The molecule has 1 saturated heterocycles. The van der Waals surface area contributed by atoms with E-state index in [0.29, 0.717) is 15.9 Å². The lowest BCUT2D eigenvalue weighted by Crippen LogP contribution is -2.36. The first kappa shape index (κ1) is 16.1. The summed E-state index contributed by atoms with van der Waals surface area (Å²) in [6.45, 7) is 3.38. The third-order valence-electron chi connectivity index (χ3n) is 4.15. The van der Waals surface area contributed by atoms with Gasteiger partial charge in [0.2, 0.25) is 5.95 Å². The number of hydrogen-bond donors (Lipinski definition) is 2. The van der Waals surface area contributed by atoms with E-state index in [2.05, 4.69) is 48.2 Å². The fourth-order valence-corrected chi connectivity index (χ4v) is 3.17. The highest BCUT2D eigenvalue weighted by molar-refractivity contribution is 9.10. The Morgan fingerprint density at radius 1 is 1.12 bits per heavy atom. The highest BCUT2D eigenvalue weighted by atomic mass is 79.9. The number of anilines is 3. The lowest BCUT2D eigenvalue weighted by molar-refractivity contribution is 0.122. The maximum Gasteiger partial charge on any atom is 0.227 e. The molecule has 128 valence electrons. The monoisotopic (exact) mass is 400 g/mol. The molecule has 2 N–H and O–H groups in total. The third-order valence-corrected chi connectivity index (χ3v) is 4.78. The lowest BCUT2D eigenvalue weighted by atomic mass is 10.2.